The summed E-state index contributed by atoms with van der Waals surface area (Å²) in [6, 6.07) is 0. The number of carbonyl (C=O) groups excluding carboxylic acids is 1. The molecule has 0 aromatic carbocycles. The number of nitrogens with zero attached hydrogens (tertiary/aromatic N) is 2. The molecule has 1 amide bonds. The van der Waals surface area contributed by atoms with E-state index in [1.165, 1.54) is 38.8 Å². The molecule has 1 spiro atoms. The van der Waals surface area contributed by atoms with Crippen LogP contribution in [0.2, 0.25) is 0 Å². The Morgan fingerprint density at radius 3 is 2.43 bits per heavy atom. The third-order valence-corrected chi connectivity index (χ3v) is 4.90. The van der Waals surface area contributed by atoms with Crippen molar-refractivity contribution in [1.82, 2.24) is 9.80 Å². The number of hydrogen-bond acceptors (Lipinski definition) is 3. The van der Waals surface area contributed by atoms with Gasteiger partial charge in [-0.3, -0.25) is 0 Å². The zero-order valence-corrected chi connectivity index (χ0v) is 13.7. The fourth-order valence-electron chi connectivity index (χ4n) is 3.73. The Balaban J connectivity index is 1.51. The highest BCUT2D eigenvalue weighted by Gasteiger charge is 2.46. The second-order valence-electron chi connectivity index (χ2n) is 7.93. The van der Waals surface area contributed by atoms with Crippen molar-refractivity contribution in [3.8, 4) is 0 Å². The number of hydrogen-bond donors (Lipinski definition) is 0. The summed E-state index contributed by atoms with van der Waals surface area (Å²) in [6.45, 7) is 9.98. The summed E-state index contributed by atoms with van der Waals surface area (Å²) in [5.41, 5.74) is 1.49. The van der Waals surface area contributed by atoms with E-state index < -0.39 is 5.60 Å². The lowest BCUT2D eigenvalue weighted by atomic mass is 9.70. The first kappa shape index (κ1) is 14.7. The van der Waals surface area contributed by atoms with Gasteiger partial charge in [0.05, 0.1) is 0 Å². The SMILES string of the molecule is CC(C)(C)OC(=O)N1CC2(CC=C(N3CCCC3)CC2)C1. The fourth-order valence-corrected chi connectivity index (χ4v) is 3.73. The smallest absolute Gasteiger partial charge is 0.410 e. The zero-order valence-electron chi connectivity index (χ0n) is 13.7. The molecule has 0 aromatic heterocycles. The largest absolute Gasteiger partial charge is 0.444 e. The van der Waals surface area contributed by atoms with Gasteiger partial charge in [-0.1, -0.05) is 6.08 Å². The molecule has 4 heteroatoms. The van der Waals surface area contributed by atoms with E-state index in [1.807, 2.05) is 25.7 Å². The van der Waals surface area contributed by atoms with Crippen molar-refractivity contribution in [2.24, 2.45) is 5.41 Å². The number of amides is 1. The van der Waals surface area contributed by atoms with E-state index in [-0.39, 0.29) is 6.09 Å². The normalized spacial score (nSPS) is 24.8. The molecular formula is C17H28N2O2. The quantitative estimate of drug-likeness (QED) is 0.742. The van der Waals surface area contributed by atoms with Crippen LogP contribution >= 0.6 is 0 Å². The second kappa shape index (κ2) is 5.22. The molecule has 2 aliphatic heterocycles. The van der Waals surface area contributed by atoms with Crippen LogP contribution in [0.3, 0.4) is 0 Å². The molecule has 0 N–H and O–H groups in total. The molecular weight excluding hydrogens is 264 g/mol. The van der Waals surface area contributed by atoms with Crippen LogP contribution in [0.5, 0.6) is 0 Å². The van der Waals surface area contributed by atoms with E-state index >= 15 is 0 Å². The first-order valence-electron chi connectivity index (χ1n) is 8.29. The average Bonchev–Trinajstić information content (AvgIpc) is 2.87. The Hall–Kier alpha value is -1.19. The maximum absolute atomic E-state index is 12.0. The lowest BCUT2D eigenvalue weighted by molar-refractivity contribution is -0.0390. The Morgan fingerprint density at radius 2 is 1.90 bits per heavy atom. The molecule has 118 valence electrons. The predicted octanol–water partition coefficient (Wildman–Crippen LogP) is 3.39. The molecule has 21 heavy (non-hydrogen) atoms. The van der Waals surface area contributed by atoms with E-state index in [4.69, 9.17) is 4.74 Å². The van der Waals surface area contributed by atoms with Gasteiger partial charge in [0.15, 0.2) is 0 Å². The van der Waals surface area contributed by atoms with Gasteiger partial charge in [0.25, 0.3) is 0 Å². The minimum atomic E-state index is -0.394. The Kier molecular flexibility index (Phi) is 3.66. The summed E-state index contributed by atoms with van der Waals surface area (Å²) in [6.07, 6.45) is 8.49. The molecule has 0 atom stereocenters. The first-order chi connectivity index (χ1) is 9.87. The lowest BCUT2D eigenvalue weighted by Gasteiger charge is -2.51. The molecule has 3 rings (SSSR count). The summed E-state index contributed by atoms with van der Waals surface area (Å²) < 4.78 is 5.44. The molecule has 0 unspecified atom stereocenters. The molecule has 0 radical (unpaired) electrons. The van der Waals surface area contributed by atoms with E-state index in [1.54, 1.807) is 5.70 Å². The highest BCUT2D eigenvalue weighted by atomic mass is 16.6. The third kappa shape index (κ3) is 3.19. The maximum Gasteiger partial charge on any atom is 0.410 e. The van der Waals surface area contributed by atoms with Crippen LogP contribution in [0.4, 0.5) is 4.79 Å². The standard InChI is InChI=1S/C17H28N2O2/c1-16(2,3)21-15(20)19-12-17(13-19)8-6-14(7-9-17)18-10-4-5-11-18/h6H,4-5,7-13H2,1-3H3. The van der Waals surface area contributed by atoms with Gasteiger partial charge in [0.1, 0.15) is 5.60 Å². The van der Waals surface area contributed by atoms with Crippen molar-refractivity contribution >= 4 is 6.09 Å². The van der Waals surface area contributed by atoms with Gasteiger partial charge in [-0.05, 0) is 52.9 Å². The summed E-state index contributed by atoms with van der Waals surface area (Å²) in [4.78, 5) is 16.4. The molecule has 0 saturated carbocycles. The van der Waals surface area contributed by atoms with Gasteiger partial charge in [0.2, 0.25) is 0 Å². The highest BCUT2D eigenvalue weighted by molar-refractivity contribution is 5.69. The van der Waals surface area contributed by atoms with E-state index in [0.29, 0.717) is 5.41 Å². The van der Waals surface area contributed by atoms with Gasteiger partial charge in [-0.25, -0.2) is 4.79 Å². The summed E-state index contributed by atoms with van der Waals surface area (Å²) in [5.74, 6) is 0. The molecule has 0 bridgehead atoms. The first-order valence-corrected chi connectivity index (χ1v) is 8.29. The number of ether oxygens (including phenoxy) is 1. The second-order valence-corrected chi connectivity index (χ2v) is 7.93. The minimum absolute atomic E-state index is 0.151. The number of rotatable bonds is 1. The van der Waals surface area contributed by atoms with Crippen LogP contribution in [0.15, 0.2) is 11.8 Å². The van der Waals surface area contributed by atoms with Gasteiger partial charge in [0, 0.05) is 37.3 Å². The minimum Gasteiger partial charge on any atom is -0.444 e. The van der Waals surface area contributed by atoms with Gasteiger partial charge in [-0.2, -0.15) is 0 Å². The van der Waals surface area contributed by atoms with Crippen LogP contribution in [-0.2, 0) is 4.74 Å². The van der Waals surface area contributed by atoms with Crippen LogP contribution in [0.1, 0.15) is 52.9 Å². The molecule has 2 heterocycles. The fraction of sp³-hybridized carbons (Fsp3) is 0.824. The van der Waals surface area contributed by atoms with Crippen LogP contribution in [0.25, 0.3) is 0 Å². The van der Waals surface area contributed by atoms with Gasteiger partial charge in [-0.15, -0.1) is 0 Å². The van der Waals surface area contributed by atoms with E-state index in [2.05, 4.69) is 11.0 Å². The molecule has 1 aliphatic carbocycles. The summed E-state index contributed by atoms with van der Waals surface area (Å²) in [7, 11) is 0. The Morgan fingerprint density at radius 1 is 1.24 bits per heavy atom. The van der Waals surface area contributed by atoms with Crippen LogP contribution in [-0.4, -0.2) is 47.7 Å². The Bertz CT molecular complexity index is 438. The molecule has 3 aliphatic rings. The van der Waals surface area contributed by atoms with Crippen molar-refractivity contribution in [3.63, 3.8) is 0 Å². The molecule has 0 aromatic rings. The number of likely N-dealkylation sites (tertiary alicyclic amines) is 2. The number of allylic oxidation sites excluding steroid dienone is 2. The maximum atomic E-state index is 12.0. The Labute approximate surface area is 128 Å². The van der Waals surface area contributed by atoms with Crippen molar-refractivity contribution in [2.45, 2.75) is 58.5 Å². The average molecular weight is 292 g/mol. The topological polar surface area (TPSA) is 32.8 Å². The van der Waals surface area contributed by atoms with Crippen molar-refractivity contribution < 1.29 is 9.53 Å². The lowest BCUT2D eigenvalue weighted by Crippen LogP contribution is -2.59. The van der Waals surface area contributed by atoms with Crippen molar-refractivity contribution in [1.29, 1.82) is 0 Å². The molecule has 2 fully saturated rings. The van der Waals surface area contributed by atoms with Crippen LogP contribution in [0, 0.1) is 5.41 Å². The highest BCUT2D eigenvalue weighted by Crippen LogP contribution is 2.44. The zero-order chi connectivity index (χ0) is 15.1. The van der Waals surface area contributed by atoms with Crippen molar-refractivity contribution in [2.75, 3.05) is 26.2 Å². The monoisotopic (exact) mass is 292 g/mol. The van der Waals surface area contributed by atoms with E-state index in [0.717, 1.165) is 19.5 Å². The van der Waals surface area contributed by atoms with Gasteiger partial charge < -0.3 is 14.5 Å². The summed E-state index contributed by atoms with van der Waals surface area (Å²) in [5, 5.41) is 0. The number of carbonyl (C=O) groups is 1. The summed E-state index contributed by atoms with van der Waals surface area (Å²) >= 11 is 0. The van der Waals surface area contributed by atoms with Crippen LogP contribution < -0.4 is 0 Å². The van der Waals surface area contributed by atoms with Crippen molar-refractivity contribution in [3.05, 3.63) is 11.8 Å². The third-order valence-electron chi connectivity index (χ3n) is 4.90. The molecule has 4 nitrogen and oxygen atoms in total. The predicted molar refractivity (Wildman–Crippen MR) is 83.0 cm³/mol. The van der Waals surface area contributed by atoms with Gasteiger partial charge >= 0.3 is 6.09 Å². The van der Waals surface area contributed by atoms with E-state index in [9.17, 15) is 4.79 Å². The molecule has 2 saturated heterocycles.